The minimum absolute atomic E-state index is 0.219. The molecule has 0 aromatic heterocycles. The van der Waals surface area contributed by atoms with Gasteiger partial charge in [-0.05, 0) is 60.6 Å². The van der Waals surface area contributed by atoms with Crippen molar-refractivity contribution < 1.29 is 14.2 Å². The Hall–Kier alpha value is -1.65. The van der Waals surface area contributed by atoms with E-state index in [9.17, 15) is 0 Å². The van der Waals surface area contributed by atoms with Crippen LogP contribution in [0, 0.1) is 0 Å². The summed E-state index contributed by atoms with van der Waals surface area (Å²) < 4.78 is 16.8. The van der Waals surface area contributed by atoms with Crippen LogP contribution in [0.2, 0.25) is 0 Å². The van der Waals surface area contributed by atoms with E-state index in [0.717, 1.165) is 43.8 Å². The molecule has 27 heavy (non-hydrogen) atoms. The molecule has 1 aliphatic heterocycles. The Morgan fingerprint density at radius 3 is 2.19 bits per heavy atom. The molecule has 3 atom stereocenters. The molecule has 2 aromatic rings. The summed E-state index contributed by atoms with van der Waals surface area (Å²) >= 11 is 1.93. The smallest absolute Gasteiger partial charge is 0.119 e. The van der Waals surface area contributed by atoms with Crippen molar-refractivity contribution in [3.05, 3.63) is 59.7 Å². The molecule has 4 heteroatoms. The highest BCUT2D eigenvalue weighted by molar-refractivity contribution is 8.00. The van der Waals surface area contributed by atoms with Crippen LogP contribution in [0.25, 0.3) is 0 Å². The van der Waals surface area contributed by atoms with Crippen molar-refractivity contribution in [3.63, 3.8) is 0 Å². The molecule has 3 rings (SSSR count). The maximum absolute atomic E-state index is 5.80. The van der Waals surface area contributed by atoms with Crippen molar-refractivity contribution in [2.45, 2.75) is 49.2 Å². The zero-order valence-corrected chi connectivity index (χ0v) is 17.3. The van der Waals surface area contributed by atoms with E-state index in [4.69, 9.17) is 14.2 Å². The monoisotopic (exact) mass is 386 g/mol. The van der Waals surface area contributed by atoms with Crippen LogP contribution in [0.4, 0.5) is 0 Å². The largest absolute Gasteiger partial charge is 0.497 e. The van der Waals surface area contributed by atoms with E-state index >= 15 is 0 Å². The van der Waals surface area contributed by atoms with Crippen LogP contribution < -0.4 is 9.47 Å². The quantitative estimate of drug-likeness (QED) is 0.505. The Morgan fingerprint density at radius 2 is 1.56 bits per heavy atom. The molecular formula is C23H30O3S. The molecule has 1 saturated heterocycles. The zero-order valence-electron chi connectivity index (χ0n) is 16.5. The molecule has 0 bridgehead atoms. The SMILES string of the molecule is CCCCOc1ccc(C2CC(OC)SC(c3ccc(OC)cc3)C2)cc1. The first-order valence-electron chi connectivity index (χ1n) is 9.78. The molecule has 0 spiro atoms. The van der Waals surface area contributed by atoms with E-state index < -0.39 is 0 Å². The number of ether oxygens (including phenoxy) is 3. The lowest BCUT2D eigenvalue weighted by molar-refractivity contribution is 0.151. The normalized spacial score (nSPS) is 22.4. The van der Waals surface area contributed by atoms with Gasteiger partial charge in [0.1, 0.15) is 16.9 Å². The van der Waals surface area contributed by atoms with Gasteiger partial charge < -0.3 is 14.2 Å². The first-order valence-corrected chi connectivity index (χ1v) is 10.7. The van der Waals surface area contributed by atoms with Crippen LogP contribution in [0.5, 0.6) is 11.5 Å². The number of methoxy groups -OCH3 is 2. The Morgan fingerprint density at radius 1 is 0.889 bits per heavy atom. The fraction of sp³-hybridized carbons (Fsp3) is 0.478. The number of thioether (sulfide) groups is 1. The van der Waals surface area contributed by atoms with Gasteiger partial charge in [-0.2, -0.15) is 0 Å². The highest BCUT2D eigenvalue weighted by atomic mass is 32.2. The second-order valence-electron chi connectivity index (χ2n) is 7.00. The third-order valence-electron chi connectivity index (χ3n) is 5.16. The summed E-state index contributed by atoms with van der Waals surface area (Å²) in [6.07, 6.45) is 4.42. The summed E-state index contributed by atoms with van der Waals surface area (Å²) in [5.41, 5.74) is 2.93. The van der Waals surface area contributed by atoms with E-state index in [-0.39, 0.29) is 5.44 Å². The van der Waals surface area contributed by atoms with Gasteiger partial charge in [0.05, 0.1) is 13.7 Å². The van der Waals surface area contributed by atoms with Crippen molar-refractivity contribution in [2.75, 3.05) is 20.8 Å². The minimum atomic E-state index is 0.219. The predicted molar refractivity (Wildman–Crippen MR) is 113 cm³/mol. The average molecular weight is 387 g/mol. The van der Waals surface area contributed by atoms with E-state index in [2.05, 4.69) is 43.3 Å². The summed E-state index contributed by atoms with van der Waals surface area (Å²) in [5.74, 6) is 2.36. The molecule has 3 nitrogen and oxygen atoms in total. The van der Waals surface area contributed by atoms with Crippen LogP contribution in [-0.2, 0) is 4.74 Å². The Bertz CT molecular complexity index is 684. The topological polar surface area (TPSA) is 27.7 Å². The lowest BCUT2D eigenvalue weighted by Gasteiger charge is -2.34. The second-order valence-corrected chi connectivity index (χ2v) is 8.37. The molecule has 2 aromatic carbocycles. The summed E-state index contributed by atoms with van der Waals surface area (Å²) in [5, 5.41) is 0.431. The summed E-state index contributed by atoms with van der Waals surface area (Å²) in [6, 6.07) is 17.1. The van der Waals surface area contributed by atoms with E-state index in [0.29, 0.717) is 11.2 Å². The van der Waals surface area contributed by atoms with Crippen LogP contribution in [0.3, 0.4) is 0 Å². The number of unbranched alkanes of at least 4 members (excludes halogenated alkanes) is 1. The van der Waals surface area contributed by atoms with Gasteiger partial charge in [-0.1, -0.05) is 37.6 Å². The maximum Gasteiger partial charge on any atom is 0.119 e. The molecular weight excluding hydrogens is 356 g/mol. The molecule has 1 heterocycles. The first kappa shape index (κ1) is 20.1. The lowest BCUT2D eigenvalue weighted by atomic mass is 9.89. The molecule has 1 aliphatic rings. The van der Waals surface area contributed by atoms with Crippen molar-refractivity contribution >= 4 is 11.8 Å². The molecule has 0 amide bonds. The van der Waals surface area contributed by atoms with Gasteiger partial charge in [0.25, 0.3) is 0 Å². The van der Waals surface area contributed by atoms with Crippen molar-refractivity contribution in [3.8, 4) is 11.5 Å². The zero-order chi connectivity index (χ0) is 19.1. The molecule has 0 N–H and O–H groups in total. The lowest BCUT2D eigenvalue weighted by Crippen LogP contribution is -2.21. The van der Waals surface area contributed by atoms with E-state index in [1.54, 1.807) is 7.11 Å². The van der Waals surface area contributed by atoms with Gasteiger partial charge in [-0.15, -0.1) is 11.8 Å². The van der Waals surface area contributed by atoms with Crippen molar-refractivity contribution in [2.24, 2.45) is 0 Å². The van der Waals surface area contributed by atoms with Crippen LogP contribution >= 0.6 is 11.8 Å². The van der Waals surface area contributed by atoms with Crippen molar-refractivity contribution in [1.29, 1.82) is 0 Å². The summed E-state index contributed by atoms with van der Waals surface area (Å²) in [6.45, 7) is 2.97. The van der Waals surface area contributed by atoms with Gasteiger partial charge in [-0.3, -0.25) is 0 Å². The molecule has 0 radical (unpaired) electrons. The number of rotatable bonds is 8. The van der Waals surface area contributed by atoms with E-state index in [1.807, 2.05) is 31.0 Å². The predicted octanol–water partition coefficient (Wildman–Crippen LogP) is 6.20. The first-order chi connectivity index (χ1) is 13.2. The fourth-order valence-electron chi connectivity index (χ4n) is 3.51. The number of benzene rings is 2. The fourth-order valence-corrected chi connectivity index (χ4v) is 4.99. The van der Waals surface area contributed by atoms with Gasteiger partial charge in [-0.25, -0.2) is 0 Å². The van der Waals surface area contributed by atoms with Gasteiger partial charge in [0.15, 0.2) is 0 Å². The molecule has 0 aliphatic carbocycles. The molecule has 0 saturated carbocycles. The van der Waals surface area contributed by atoms with Crippen LogP contribution in [-0.4, -0.2) is 26.3 Å². The molecule has 1 fully saturated rings. The highest BCUT2D eigenvalue weighted by Crippen LogP contribution is 2.49. The van der Waals surface area contributed by atoms with Gasteiger partial charge in [0, 0.05) is 12.4 Å². The average Bonchev–Trinajstić information content (AvgIpc) is 2.74. The maximum atomic E-state index is 5.80. The number of hydrogen-bond acceptors (Lipinski definition) is 4. The van der Waals surface area contributed by atoms with Crippen LogP contribution in [0.15, 0.2) is 48.5 Å². The number of hydrogen-bond donors (Lipinski definition) is 0. The highest BCUT2D eigenvalue weighted by Gasteiger charge is 2.31. The summed E-state index contributed by atoms with van der Waals surface area (Å²) in [7, 11) is 3.52. The standard InChI is InChI=1S/C23H30O3S/c1-4-5-14-26-21-12-6-17(7-13-21)19-15-22(27-23(16-19)25-3)18-8-10-20(24-2)11-9-18/h6-13,19,22-23H,4-5,14-16H2,1-3H3. The van der Waals surface area contributed by atoms with Crippen molar-refractivity contribution in [1.82, 2.24) is 0 Å². The summed E-state index contributed by atoms with van der Waals surface area (Å²) in [4.78, 5) is 0. The molecule has 146 valence electrons. The van der Waals surface area contributed by atoms with Crippen LogP contribution in [0.1, 0.15) is 54.9 Å². The minimum Gasteiger partial charge on any atom is -0.497 e. The molecule has 3 unspecified atom stereocenters. The Kier molecular flexibility index (Phi) is 7.48. The Labute approximate surface area is 167 Å². The third-order valence-corrected chi connectivity index (χ3v) is 6.64. The second kappa shape index (κ2) is 10.0. The third kappa shape index (κ3) is 5.43. The van der Waals surface area contributed by atoms with E-state index in [1.165, 1.54) is 11.1 Å². The van der Waals surface area contributed by atoms with Gasteiger partial charge in [0.2, 0.25) is 0 Å². The Balaban J connectivity index is 1.70. The van der Waals surface area contributed by atoms with Gasteiger partial charge >= 0.3 is 0 Å².